The fraction of sp³-hybridized carbons (Fsp3) is 0.263. The number of halogens is 2. The number of rotatable bonds is 8. The molecule has 0 atom stereocenters. The van der Waals surface area contributed by atoms with Crippen LogP contribution in [0.15, 0.2) is 36.4 Å². The van der Waals surface area contributed by atoms with Gasteiger partial charge in [-0.1, -0.05) is 29.3 Å². The van der Waals surface area contributed by atoms with Gasteiger partial charge in [-0.15, -0.1) is 0 Å². The van der Waals surface area contributed by atoms with E-state index in [1.165, 1.54) is 6.07 Å². The summed E-state index contributed by atoms with van der Waals surface area (Å²) in [5.74, 6) is 0.258. The second-order valence-electron chi connectivity index (χ2n) is 5.53. The van der Waals surface area contributed by atoms with E-state index in [-0.39, 0.29) is 13.0 Å². The zero-order valence-corrected chi connectivity index (χ0v) is 16.4. The van der Waals surface area contributed by atoms with Crippen LogP contribution in [0, 0.1) is 0 Å². The molecule has 0 aliphatic heterocycles. The van der Waals surface area contributed by atoms with Crippen molar-refractivity contribution >= 4 is 40.8 Å². The number of carbonyl (C=O) groups excluding carboxylic acids is 2. The van der Waals surface area contributed by atoms with Crippen molar-refractivity contribution in [1.29, 1.82) is 0 Å². The van der Waals surface area contributed by atoms with Crippen LogP contribution in [0.2, 0.25) is 10.0 Å². The third-order valence-corrected chi connectivity index (χ3v) is 4.37. The maximum absolute atomic E-state index is 11.9. The summed E-state index contributed by atoms with van der Waals surface area (Å²) in [5.41, 5.74) is 1.36. The van der Waals surface area contributed by atoms with E-state index in [2.05, 4.69) is 5.32 Å². The molecule has 0 radical (unpaired) electrons. The molecule has 0 unspecified atom stereocenters. The van der Waals surface area contributed by atoms with Gasteiger partial charge in [-0.3, -0.25) is 9.59 Å². The molecule has 0 bridgehead atoms. The molecule has 1 N–H and O–H groups in total. The van der Waals surface area contributed by atoms with Crippen LogP contribution in [0.25, 0.3) is 0 Å². The van der Waals surface area contributed by atoms with Gasteiger partial charge in [-0.2, -0.15) is 0 Å². The van der Waals surface area contributed by atoms with Crippen molar-refractivity contribution in [2.75, 3.05) is 26.1 Å². The average Bonchev–Trinajstić information content (AvgIpc) is 2.67. The lowest BCUT2D eigenvalue weighted by atomic mass is 10.1. The number of nitrogens with one attached hydrogen (secondary N) is 1. The summed E-state index contributed by atoms with van der Waals surface area (Å²) in [7, 11) is 3.10. The van der Waals surface area contributed by atoms with Crippen molar-refractivity contribution in [2.24, 2.45) is 0 Å². The maximum atomic E-state index is 11.9. The number of amides is 1. The van der Waals surface area contributed by atoms with Crippen LogP contribution in [-0.4, -0.2) is 32.7 Å². The van der Waals surface area contributed by atoms with E-state index in [0.717, 1.165) is 5.56 Å². The molecule has 0 spiro atoms. The predicted octanol–water partition coefficient (Wildman–Crippen LogP) is 4.13. The number of benzene rings is 2. The molecule has 0 aliphatic carbocycles. The average molecular weight is 412 g/mol. The molecule has 2 aromatic rings. The zero-order valence-electron chi connectivity index (χ0n) is 14.9. The highest BCUT2D eigenvalue weighted by molar-refractivity contribution is 6.42. The van der Waals surface area contributed by atoms with Crippen molar-refractivity contribution in [1.82, 2.24) is 0 Å². The molecular weight excluding hydrogens is 393 g/mol. The standard InChI is InChI=1S/C19H19Cl2NO5/c1-25-16-7-3-12(9-17(16)26-2)4-8-19(24)27-11-18(23)22-13-5-6-14(20)15(21)10-13/h3,5-7,9-10H,4,8,11H2,1-2H3,(H,22,23). The van der Waals surface area contributed by atoms with Crippen molar-refractivity contribution < 1.29 is 23.8 Å². The van der Waals surface area contributed by atoms with Gasteiger partial charge < -0.3 is 19.5 Å². The van der Waals surface area contributed by atoms with Gasteiger partial charge in [-0.05, 0) is 42.3 Å². The third-order valence-electron chi connectivity index (χ3n) is 3.63. The first kappa shape index (κ1) is 20.9. The first-order valence-electron chi connectivity index (χ1n) is 8.04. The summed E-state index contributed by atoms with van der Waals surface area (Å²) >= 11 is 11.7. The Balaban J connectivity index is 1.78. The number of esters is 1. The minimum absolute atomic E-state index is 0.134. The Kier molecular flexibility index (Phi) is 7.76. The van der Waals surface area contributed by atoms with Gasteiger partial charge in [0.15, 0.2) is 18.1 Å². The third kappa shape index (κ3) is 6.34. The highest BCUT2D eigenvalue weighted by atomic mass is 35.5. The van der Waals surface area contributed by atoms with E-state index in [1.807, 2.05) is 6.07 Å². The summed E-state index contributed by atoms with van der Waals surface area (Å²) in [6.45, 7) is -0.384. The quantitative estimate of drug-likeness (QED) is 0.661. The van der Waals surface area contributed by atoms with Crippen LogP contribution in [0.3, 0.4) is 0 Å². The lowest BCUT2D eigenvalue weighted by molar-refractivity contribution is -0.147. The van der Waals surface area contributed by atoms with E-state index in [0.29, 0.717) is 33.7 Å². The van der Waals surface area contributed by atoms with E-state index in [1.54, 1.807) is 38.5 Å². The summed E-state index contributed by atoms with van der Waals surface area (Å²) in [4.78, 5) is 23.7. The minimum Gasteiger partial charge on any atom is -0.493 e. The number of ether oxygens (including phenoxy) is 3. The number of aryl methyl sites for hydroxylation is 1. The summed E-state index contributed by atoms with van der Waals surface area (Å²) in [5, 5.41) is 3.28. The van der Waals surface area contributed by atoms with E-state index in [4.69, 9.17) is 37.4 Å². The molecule has 8 heteroatoms. The minimum atomic E-state index is -0.478. The van der Waals surface area contributed by atoms with Crippen molar-refractivity contribution in [3.8, 4) is 11.5 Å². The second kappa shape index (κ2) is 10.0. The lowest BCUT2D eigenvalue weighted by Crippen LogP contribution is -2.21. The van der Waals surface area contributed by atoms with Crippen LogP contribution in [-0.2, 0) is 20.7 Å². The molecule has 0 aliphatic rings. The lowest BCUT2D eigenvalue weighted by Gasteiger charge is -2.10. The normalized spacial score (nSPS) is 10.2. The first-order chi connectivity index (χ1) is 12.9. The van der Waals surface area contributed by atoms with Crippen LogP contribution in [0.5, 0.6) is 11.5 Å². The SMILES string of the molecule is COc1ccc(CCC(=O)OCC(=O)Nc2ccc(Cl)c(Cl)c2)cc1OC. The monoisotopic (exact) mass is 411 g/mol. The van der Waals surface area contributed by atoms with E-state index in [9.17, 15) is 9.59 Å². The van der Waals surface area contributed by atoms with Crippen LogP contribution in [0.1, 0.15) is 12.0 Å². The van der Waals surface area contributed by atoms with Crippen LogP contribution >= 0.6 is 23.2 Å². The van der Waals surface area contributed by atoms with Gasteiger partial charge in [0, 0.05) is 12.1 Å². The largest absolute Gasteiger partial charge is 0.493 e. The molecule has 0 heterocycles. The Morgan fingerprint density at radius 3 is 2.37 bits per heavy atom. The van der Waals surface area contributed by atoms with Gasteiger partial charge in [0.25, 0.3) is 5.91 Å². The number of carbonyl (C=O) groups is 2. The smallest absolute Gasteiger partial charge is 0.306 e. The summed E-state index contributed by atoms with van der Waals surface area (Å²) < 4.78 is 15.4. The molecule has 0 fully saturated rings. The fourth-order valence-electron chi connectivity index (χ4n) is 2.27. The first-order valence-corrected chi connectivity index (χ1v) is 8.80. The summed E-state index contributed by atoms with van der Waals surface area (Å²) in [6, 6.07) is 10.1. The Labute approximate surface area is 167 Å². The molecule has 0 saturated carbocycles. The zero-order chi connectivity index (χ0) is 19.8. The molecule has 1 amide bonds. The molecule has 27 heavy (non-hydrogen) atoms. The van der Waals surface area contributed by atoms with E-state index >= 15 is 0 Å². The van der Waals surface area contributed by atoms with Crippen molar-refractivity contribution in [3.05, 3.63) is 52.0 Å². The van der Waals surface area contributed by atoms with Crippen molar-refractivity contribution in [2.45, 2.75) is 12.8 Å². The van der Waals surface area contributed by atoms with Gasteiger partial charge in [0.05, 0.1) is 24.3 Å². The number of hydrogen-bond acceptors (Lipinski definition) is 5. The van der Waals surface area contributed by atoms with Crippen LogP contribution in [0.4, 0.5) is 5.69 Å². The highest BCUT2D eigenvalue weighted by Crippen LogP contribution is 2.28. The molecule has 0 saturated heterocycles. The number of anilines is 1. The van der Waals surface area contributed by atoms with Crippen LogP contribution < -0.4 is 14.8 Å². The topological polar surface area (TPSA) is 73.9 Å². The second-order valence-corrected chi connectivity index (χ2v) is 6.34. The molecule has 2 rings (SSSR count). The van der Waals surface area contributed by atoms with Gasteiger partial charge in [0.2, 0.25) is 0 Å². The van der Waals surface area contributed by atoms with Crippen molar-refractivity contribution in [3.63, 3.8) is 0 Å². The maximum Gasteiger partial charge on any atom is 0.306 e. The predicted molar refractivity (Wildman–Crippen MR) is 104 cm³/mol. The van der Waals surface area contributed by atoms with Gasteiger partial charge in [0.1, 0.15) is 0 Å². The van der Waals surface area contributed by atoms with Gasteiger partial charge >= 0.3 is 5.97 Å². The summed E-state index contributed by atoms with van der Waals surface area (Å²) in [6.07, 6.45) is 0.586. The Bertz CT molecular complexity index is 826. The number of methoxy groups -OCH3 is 2. The highest BCUT2D eigenvalue weighted by Gasteiger charge is 2.11. The van der Waals surface area contributed by atoms with Gasteiger partial charge in [-0.25, -0.2) is 0 Å². The molecule has 144 valence electrons. The molecule has 6 nitrogen and oxygen atoms in total. The fourth-order valence-corrected chi connectivity index (χ4v) is 2.57. The number of hydrogen-bond donors (Lipinski definition) is 1. The Morgan fingerprint density at radius 1 is 0.963 bits per heavy atom. The van der Waals surface area contributed by atoms with E-state index < -0.39 is 11.9 Å². The Morgan fingerprint density at radius 2 is 1.70 bits per heavy atom. The Hall–Kier alpha value is -2.44. The molecular formula is C19H19Cl2NO5. The molecule has 0 aromatic heterocycles. The molecule has 2 aromatic carbocycles.